The van der Waals surface area contributed by atoms with Gasteiger partial charge in [-0.3, -0.25) is 14.4 Å². The molecule has 0 radical (unpaired) electrons. The smallest absolute Gasteiger partial charge is 0.244 e. The Balaban J connectivity index is 1.12. The normalized spacial score (nSPS) is 28.9. The van der Waals surface area contributed by atoms with Crippen molar-refractivity contribution in [1.29, 1.82) is 0 Å². The molecule has 2 unspecified atom stereocenters. The van der Waals surface area contributed by atoms with Gasteiger partial charge in [-0.05, 0) is 78.1 Å². The molecule has 4 aliphatic rings. The van der Waals surface area contributed by atoms with Gasteiger partial charge in [-0.2, -0.15) is 0 Å². The molecule has 1 saturated heterocycles. The molecule has 4 N–H and O–H groups in total. The number of aliphatic hydroxyl groups is 1. The predicted molar refractivity (Wildman–Crippen MR) is 153 cm³/mol. The van der Waals surface area contributed by atoms with Gasteiger partial charge in [0.25, 0.3) is 0 Å². The first-order valence-electron chi connectivity index (χ1n) is 14.3. The number of rotatable bonds is 5. The predicted octanol–water partition coefficient (Wildman–Crippen LogP) is 2.99. The van der Waals surface area contributed by atoms with Crippen molar-refractivity contribution in [2.24, 2.45) is 5.41 Å². The highest BCUT2D eigenvalue weighted by molar-refractivity contribution is 6.06. The fourth-order valence-electron chi connectivity index (χ4n) is 7.64. The summed E-state index contributed by atoms with van der Waals surface area (Å²) in [6, 6.07) is 11.6. The van der Waals surface area contributed by atoms with Crippen LogP contribution in [0.15, 0.2) is 54.7 Å². The number of nitrogens with zero attached hydrogens (tertiary/aromatic N) is 2. The lowest BCUT2D eigenvalue weighted by Gasteiger charge is -2.58. The third-order valence-electron chi connectivity index (χ3n) is 9.57. The number of anilines is 2. The molecule has 222 valence electrons. The minimum atomic E-state index is -0.949. The SMILES string of the molecule is CC1(CO)CC2(C1)NCC(c1cc(F)cc(F)c1)N(CC(=O)Nc1ccc3c(c1)CC1(C3)C(=O)Nc3ncccc31)C2=O. The molecule has 0 bridgehead atoms. The molecule has 2 aromatic carbocycles. The molecule has 1 saturated carbocycles. The highest BCUT2D eigenvalue weighted by atomic mass is 19.1. The van der Waals surface area contributed by atoms with Crippen molar-refractivity contribution in [1.82, 2.24) is 15.2 Å². The van der Waals surface area contributed by atoms with Crippen LogP contribution >= 0.6 is 0 Å². The lowest BCUT2D eigenvalue weighted by molar-refractivity contribution is -0.161. The Morgan fingerprint density at radius 3 is 2.58 bits per heavy atom. The molecule has 1 aromatic heterocycles. The quantitative estimate of drug-likeness (QED) is 0.364. The van der Waals surface area contributed by atoms with Gasteiger partial charge in [0.2, 0.25) is 17.7 Å². The number of fused-ring (bicyclic) bond motifs is 3. The Labute approximate surface area is 246 Å². The van der Waals surface area contributed by atoms with Crippen LogP contribution in [0.25, 0.3) is 0 Å². The van der Waals surface area contributed by atoms with Gasteiger partial charge in [0.05, 0.1) is 17.0 Å². The first-order valence-corrected chi connectivity index (χ1v) is 14.3. The highest BCUT2D eigenvalue weighted by Crippen LogP contribution is 2.51. The standard InChI is InChI=1S/C32H31F2N5O4/c1-30(17-40)15-32(16-30)29(43)39(25(13-36-32)19-7-21(33)10-22(34)8-19)14-26(41)37-23-5-4-18-11-31(12-20(18)9-23)24-3-2-6-35-27(24)38-28(31)42/h2-10,25,36,40H,11-17H2,1H3,(H,37,41)(H,35,38,42). The number of benzene rings is 2. The molecular formula is C32H31F2N5O4. The third kappa shape index (κ3) is 4.41. The number of hydrogen-bond donors (Lipinski definition) is 4. The first-order chi connectivity index (χ1) is 20.5. The van der Waals surface area contributed by atoms with E-state index in [2.05, 4.69) is 20.9 Å². The summed E-state index contributed by atoms with van der Waals surface area (Å²) >= 11 is 0. The molecule has 2 spiro atoms. The van der Waals surface area contributed by atoms with Crippen LogP contribution in [0.5, 0.6) is 0 Å². The topological polar surface area (TPSA) is 124 Å². The van der Waals surface area contributed by atoms with Gasteiger partial charge < -0.3 is 26.0 Å². The van der Waals surface area contributed by atoms with Crippen LogP contribution in [0.2, 0.25) is 0 Å². The maximum Gasteiger partial charge on any atom is 0.244 e. The minimum Gasteiger partial charge on any atom is -0.396 e. The molecule has 2 aliphatic heterocycles. The van der Waals surface area contributed by atoms with Gasteiger partial charge in [-0.25, -0.2) is 13.8 Å². The second-order valence-corrected chi connectivity index (χ2v) is 12.8. The highest BCUT2D eigenvalue weighted by Gasteiger charge is 2.60. The van der Waals surface area contributed by atoms with Crippen LogP contribution in [0.4, 0.5) is 20.3 Å². The molecule has 7 rings (SSSR count). The number of piperazine rings is 1. The number of hydrogen-bond acceptors (Lipinski definition) is 6. The van der Waals surface area contributed by atoms with E-state index in [1.807, 2.05) is 31.2 Å². The van der Waals surface area contributed by atoms with Gasteiger partial charge in [-0.1, -0.05) is 19.1 Å². The molecule has 43 heavy (non-hydrogen) atoms. The van der Waals surface area contributed by atoms with E-state index in [1.165, 1.54) is 17.0 Å². The second kappa shape index (κ2) is 9.65. The molecule has 3 amide bonds. The Kier molecular flexibility index (Phi) is 6.19. The fourth-order valence-corrected chi connectivity index (χ4v) is 7.64. The third-order valence-corrected chi connectivity index (χ3v) is 9.57. The van der Waals surface area contributed by atoms with Crippen molar-refractivity contribution in [3.8, 4) is 0 Å². The zero-order valence-electron chi connectivity index (χ0n) is 23.5. The zero-order chi connectivity index (χ0) is 30.1. The summed E-state index contributed by atoms with van der Waals surface area (Å²) < 4.78 is 28.3. The van der Waals surface area contributed by atoms with Crippen molar-refractivity contribution in [2.75, 3.05) is 30.3 Å². The van der Waals surface area contributed by atoms with E-state index in [0.717, 1.165) is 22.8 Å². The number of carbonyl (C=O) groups excluding carboxylic acids is 3. The molecule has 2 atom stereocenters. The molecule has 11 heteroatoms. The van der Waals surface area contributed by atoms with Gasteiger partial charge >= 0.3 is 0 Å². The maximum absolute atomic E-state index is 14.2. The molecule has 2 aliphatic carbocycles. The van der Waals surface area contributed by atoms with Crippen LogP contribution in [-0.2, 0) is 32.6 Å². The van der Waals surface area contributed by atoms with Crippen molar-refractivity contribution in [2.45, 2.75) is 49.6 Å². The van der Waals surface area contributed by atoms with Gasteiger partial charge in [0, 0.05) is 36.7 Å². The van der Waals surface area contributed by atoms with E-state index in [-0.39, 0.29) is 37.1 Å². The number of halogens is 2. The largest absolute Gasteiger partial charge is 0.396 e. The molecule has 9 nitrogen and oxygen atoms in total. The second-order valence-electron chi connectivity index (χ2n) is 12.8. The van der Waals surface area contributed by atoms with Crippen LogP contribution in [0.1, 0.15) is 48.1 Å². The van der Waals surface area contributed by atoms with E-state index < -0.39 is 40.0 Å². The van der Waals surface area contributed by atoms with Crippen LogP contribution < -0.4 is 16.0 Å². The summed E-state index contributed by atoms with van der Waals surface area (Å²) in [6.07, 6.45) is 3.40. The monoisotopic (exact) mass is 587 g/mol. The summed E-state index contributed by atoms with van der Waals surface area (Å²) in [7, 11) is 0. The number of pyridine rings is 1. The van der Waals surface area contributed by atoms with Crippen molar-refractivity contribution in [3.05, 3.63) is 88.6 Å². The maximum atomic E-state index is 14.2. The van der Waals surface area contributed by atoms with E-state index >= 15 is 0 Å². The summed E-state index contributed by atoms with van der Waals surface area (Å²) in [5.74, 6) is -1.86. The summed E-state index contributed by atoms with van der Waals surface area (Å²) in [5.41, 5.74) is 1.46. The summed E-state index contributed by atoms with van der Waals surface area (Å²) in [4.78, 5) is 46.0. The van der Waals surface area contributed by atoms with Crippen molar-refractivity contribution in [3.63, 3.8) is 0 Å². The van der Waals surface area contributed by atoms with Crippen LogP contribution in [-0.4, -0.2) is 57.9 Å². The minimum absolute atomic E-state index is 0.0773. The van der Waals surface area contributed by atoms with Crippen molar-refractivity contribution < 1.29 is 28.3 Å². The zero-order valence-corrected chi connectivity index (χ0v) is 23.5. The Hall–Kier alpha value is -4.22. The first kappa shape index (κ1) is 27.6. The van der Waals surface area contributed by atoms with E-state index in [1.54, 1.807) is 12.3 Å². The lowest BCUT2D eigenvalue weighted by Crippen LogP contribution is -2.73. The Morgan fingerprint density at radius 2 is 1.84 bits per heavy atom. The van der Waals surface area contributed by atoms with Crippen LogP contribution in [0, 0.1) is 17.0 Å². The van der Waals surface area contributed by atoms with E-state index in [9.17, 15) is 28.3 Å². The number of aliphatic hydroxyl groups excluding tert-OH is 1. The average Bonchev–Trinajstić information content (AvgIpc) is 3.46. The van der Waals surface area contributed by atoms with Crippen LogP contribution in [0.3, 0.4) is 0 Å². The van der Waals surface area contributed by atoms with E-state index in [4.69, 9.17) is 0 Å². The molecule has 3 aromatic rings. The van der Waals surface area contributed by atoms with Crippen molar-refractivity contribution >= 4 is 29.2 Å². The van der Waals surface area contributed by atoms with Gasteiger partial charge in [-0.15, -0.1) is 0 Å². The number of nitrogens with one attached hydrogen (secondary N) is 3. The summed E-state index contributed by atoms with van der Waals surface area (Å²) in [5, 5.41) is 18.8. The van der Waals surface area contributed by atoms with Gasteiger partial charge in [0.1, 0.15) is 24.0 Å². The number of carbonyl (C=O) groups is 3. The Morgan fingerprint density at radius 1 is 1.09 bits per heavy atom. The number of amides is 3. The van der Waals surface area contributed by atoms with E-state index in [0.29, 0.717) is 37.2 Å². The fraction of sp³-hybridized carbons (Fsp3) is 0.375. The molecular weight excluding hydrogens is 556 g/mol. The molecule has 3 heterocycles. The lowest BCUT2D eigenvalue weighted by atomic mass is 9.57. The summed E-state index contributed by atoms with van der Waals surface area (Å²) in [6.45, 7) is 1.68. The number of aromatic nitrogens is 1. The Bertz CT molecular complexity index is 1670. The average molecular weight is 588 g/mol. The van der Waals surface area contributed by atoms with Gasteiger partial charge in [0.15, 0.2) is 0 Å². The molecule has 2 fully saturated rings.